The Balaban J connectivity index is 1.97. The van der Waals surface area contributed by atoms with E-state index in [1.165, 1.54) is 19.0 Å². The number of amides is 2. The number of hydrogen-bond donors (Lipinski definition) is 2. The number of aromatic nitrogens is 2. The summed E-state index contributed by atoms with van der Waals surface area (Å²) in [6.45, 7) is 0.112. The molecular formula is C16H19ClN4O4. The molecule has 0 saturated heterocycles. The summed E-state index contributed by atoms with van der Waals surface area (Å²) in [6, 6.07) is 6.64. The maximum absolute atomic E-state index is 12.2. The Hall–Kier alpha value is -2.74. The van der Waals surface area contributed by atoms with Gasteiger partial charge < -0.3 is 19.7 Å². The highest BCUT2D eigenvalue weighted by molar-refractivity contribution is 6.32. The summed E-state index contributed by atoms with van der Waals surface area (Å²) in [5.74, 6) is 0.491. The molecule has 1 aromatic heterocycles. The van der Waals surface area contributed by atoms with Crippen LogP contribution in [0.4, 0.5) is 0 Å². The molecule has 9 heteroatoms. The van der Waals surface area contributed by atoms with E-state index in [2.05, 4.69) is 15.5 Å². The molecule has 0 radical (unpaired) electrons. The third kappa shape index (κ3) is 4.87. The maximum Gasteiger partial charge on any atom is 0.274 e. The first-order chi connectivity index (χ1) is 11.9. The fourth-order valence-corrected chi connectivity index (χ4v) is 2.21. The highest BCUT2D eigenvalue weighted by atomic mass is 35.5. The van der Waals surface area contributed by atoms with Crippen molar-refractivity contribution in [2.45, 2.75) is 6.61 Å². The minimum atomic E-state index is -0.367. The van der Waals surface area contributed by atoms with Crippen LogP contribution in [0.15, 0.2) is 24.3 Å². The van der Waals surface area contributed by atoms with Crippen molar-refractivity contribution in [1.29, 1.82) is 0 Å². The van der Waals surface area contributed by atoms with Gasteiger partial charge in [-0.2, -0.15) is 5.10 Å². The molecule has 0 aliphatic rings. The predicted molar refractivity (Wildman–Crippen MR) is 92.0 cm³/mol. The smallest absolute Gasteiger partial charge is 0.274 e. The fourth-order valence-electron chi connectivity index (χ4n) is 1.99. The van der Waals surface area contributed by atoms with Crippen molar-refractivity contribution in [3.05, 3.63) is 40.7 Å². The second-order valence-corrected chi connectivity index (χ2v) is 5.61. The molecule has 0 aliphatic carbocycles. The van der Waals surface area contributed by atoms with Crippen LogP contribution in [0.3, 0.4) is 0 Å². The summed E-state index contributed by atoms with van der Waals surface area (Å²) in [5, 5.41) is 9.56. The second-order valence-electron chi connectivity index (χ2n) is 5.20. The number of H-pyrrole nitrogens is 1. The zero-order valence-electron chi connectivity index (χ0n) is 14.1. The number of benzene rings is 1. The molecule has 2 aromatic rings. The fraction of sp³-hybridized carbons (Fsp3) is 0.312. The molecule has 25 heavy (non-hydrogen) atoms. The van der Waals surface area contributed by atoms with Gasteiger partial charge in [-0.1, -0.05) is 11.6 Å². The van der Waals surface area contributed by atoms with Crippen LogP contribution >= 0.6 is 11.6 Å². The lowest BCUT2D eigenvalue weighted by atomic mass is 10.3. The maximum atomic E-state index is 12.2. The zero-order valence-corrected chi connectivity index (χ0v) is 14.9. The molecule has 8 nitrogen and oxygen atoms in total. The summed E-state index contributed by atoms with van der Waals surface area (Å²) in [7, 11) is 4.59. The molecule has 2 N–H and O–H groups in total. The van der Waals surface area contributed by atoms with E-state index in [1.54, 1.807) is 31.4 Å². The molecule has 2 rings (SSSR count). The van der Waals surface area contributed by atoms with Crippen LogP contribution in [0.2, 0.25) is 5.02 Å². The van der Waals surface area contributed by atoms with Crippen molar-refractivity contribution in [2.24, 2.45) is 0 Å². The lowest BCUT2D eigenvalue weighted by molar-refractivity contribution is -0.121. The Kier molecular flexibility index (Phi) is 6.24. The summed E-state index contributed by atoms with van der Waals surface area (Å²) in [5.41, 5.74) is 0.800. The number of rotatable bonds is 7. The Morgan fingerprint density at radius 1 is 1.36 bits per heavy atom. The summed E-state index contributed by atoms with van der Waals surface area (Å²) in [6.07, 6.45) is 0. The monoisotopic (exact) mass is 366 g/mol. The number of likely N-dealkylation sites (N-methyl/N-ethyl adjacent to an activating group) is 2. The minimum absolute atomic E-state index is 0.0461. The number of nitrogens with zero attached hydrogens (tertiary/aromatic N) is 2. The van der Waals surface area contributed by atoms with Gasteiger partial charge in [-0.25, -0.2) is 0 Å². The van der Waals surface area contributed by atoms with Crippen LogP contribution in [-0.2, 0) is 11.4 Å². The van der Waals surface area contributed by atoms with E-state index in [0.29, 0.717) is 22.2 Å². The molecule has 0 spiro atoms. The number of hydrogen-bond acceptors (Lipinski definition) is 5. The predicted octanol–water partition coefficient (Wildman–Crippen LogP) is 1.47. The van der Waals surface area contributed by atoms with Crippen molar-refractivity contribution < 1.29 is 19.1 Å². The molecule has 134 valence electrons. The lowest BCUT2D eigenvalue weighted by Gasteiger charge is -2.14. The van der Waals surface area contributed by atoms with Gasteiger partial charge >= 0.3 is 0 Å². The number of ether oxygens (including phenoxy) is 2. The molecule has 1 aromatic carbocycles. The van der Waals surface area contributed by atoms with Crippen molar-refractivity contribution >= 4 is 23.4 Å². The van der Waals surface area contributed by atoms with Crippen LogP contribution in [0.5, 0.6) is 11.5 Å². The SMILES string of the molecule is CNC(=O)CN(C)C(=O)c1cc(COc2ccc(OC)cc2Cl)[nH]n1. The van der Waals surface area contributed by atoms with Gasteiger partial charge in [0, 0.05) is 20.2 Å². The highest BCUT2D eigenvalue weighted by Crippen LogP contribution is 2.29. The molecule has 0 unspecified atom stereocenters. The Bertz CT molecular complexity index is 762. The van der Waals surface area contributed by atoms with E-state index in [4.69, 9.17) is 21.1 Å². The third-order valence-electron chi connectivity index (χ3n) is 3.38. The molecule has 1 heterocycles. The number of aromatic amines is 1. The van der Waals surface area contributed by atoms with E-state index < -0.39 is 0 Å². The third-order valence-corrected chi connectivity index (χ3v) is 3.67. The second kappa shape index (κ2) is 8.39. The number of nitrogens with one attached hydrogen (secondary N) is 2. The Morgan fingerprint density at radius 3 is 2.76 bits per heavy atom. The number of halogens is 1. The summed E-state index contributed by atoms with van der Waals surface area (Å²) >= 11 is 6.10. The largest absolute Gasteiger partial charge is 0.497 e. The van der Waals surface area contributed by atoms with E-state index in [0.717, 1.165) is 0 Å². The van der Waals surface area contributed by atoms with E-state index >= 15 is 0 Å². The molecule has 0 saturated carbocycles. The summed E-state index contributed by atoms with van der Waals surface area (Å²) in [4.78, 5) is 24.8. The molecule has 2 amide bonds. The van der Waals surface area contributed by atoms with Gasteiger partial charge in [0.15, 0.2) is 5.69 Å². The van der Waals surface area contributed by atoms with Crippen molar-refractivity contribution in [3.63, 3.8) is 0 Å². The summed E-state index contributed by atoms with van der Waals surface area (Å²) < 4.78 is 10.7. The van der Waals surface area contributed by atoms with Gasteiger partial charge in [0.1, 0.15) is 18.1 Å². The van der Waals surface area contributed by atoms with Crippen LogP contribution in [0, 0.1) is 0 Å². The van der Waals surface area contributed by atoms with Gasteiger partial charge in [0.05, 0.1) is 24.4 Å². The molecule has 0 fully saturated rings. The van der Waals surface area contributed by atoms with Crippen LogP contribution in [0.25, 0.3) is 0 Å². The quantitative estimate of drug-likeness (QED) is 0.773. The number of carbonyl (C=O) groups is 2. The van der Waals surface area contributed by atoms with Gasteiger partial charge in [0.25, 0.3) is 5.91 Å². The van der Waals surface area contributed by atoms with Gasteiger partial charge in [-0.3, -0.25) is 14.7 Å². The average Bonchev–Trinajstić information content (AvgIpc) is 3.08. The van der Waals surface area contributed by atoms with Crippen LogP contribution in [-0.4, -0.2) is 54.7 Å². The Labute approximate surface area is 150 Å². The minimum Gasteiger partial charge on any atom is -0.497 e. The highest BCUT2D eigenvalue weighted by Gasteiger charge is 2.17. The number of methoxy groups -OCH3 is 1. The Morgan fingerprint density at radius 2 is 2.12 bits per heavy atom. The topological polar surface area (TPSA) is 96.5 Å². The normalized spacial score (nSPS) is 10.2. The molecule has 0 aliphatic heterocycles. The number of carbonyl (C=O) groups excluding carboxylic acids is 2. The van der Waals surface area contributed by atoms with Crippen LogP contribution < -0.4 is 14.8 Å². The van der Waals surface area contributed by atoms with Crippen molar-refractivity contribution in [3.8, 4) is 11.5 Å². The first-order valence-electron chi connectivity index (χ1n) is 7.41. The van der Waals surface area contributed by atoms with Gasteiger partial charge in [0.2, 0.25) is 5.91 Å². The van der Waals surface area contributed by atoms with E-state index in [-0.39, 0.29) is 30.7 Å². The van der Waals surface area contributed by atoms with Gasteiger partial charge in [-0.05, 0) is 18.2 Å². The first kappa shape index (κ1) is 18.6. The van der Waals surface area contributed by atoms with Gasteiger partial charge in [-0.15, -0.1) is 0 Å². The standard InChI is InChI=1S/C16H19ClN4O4/c1-18-15(22)8-21(2)16(23)13-6-10(19-20-13)9-25-14-5-4-11(24-3)7-12(14)17/h4-7H,8-9H2,1-3H3,(H,18,22)(H,19,20). The average molecular weight is 367 g/mol. The zero-order chi connectivity index (χ0) is 18.4. The first-order valence-corrected chi connectivity index (χ1v) is 7.79. The van der Waals surface area contributed by atoms with E-state index in [9.17, 15) is 9.59 Å². The van der Waals surface area contributed by atoms with Crippen LogP contribution in [0.1, 0.15) is 16.2 Å². The van der Waals surface area contributed by atoms with E-state index in [1.807, 2.05) is 0 Å². The molecule has 0 atom stereocenters. The lowest BCUT2D eigenvalue weighted by Crippen LogP contribution is -2.37. The van der Waals surface area contributed by atoms with Crippen molar-refractivity contribution in [2.75, 3.05) is 27.7 Å². The molecule has 0 bridgehead atoms. The van der Waals surface area contributed by atoms with Crippen molar-refractivity contribution in [1.82, 2.24) is 20.4 Å². The molecular weight excluding hydrogens is 348 g/mol.